The van der Waals surface area contributed by atoms with Gasteiger partial charge in [-0.25, -0.2) is 0 Å². The molecule has 1 aromatic heterocycles. The van der Waals surface area contributed by atoms with Crippen LogP contribution in [-0.2, 0) is 4.79 Å². The van der Waals surface area contributed by atoms with Gasteiger partial charge in [0.25, 0.3) is 0 Å². The number of nitrogens with two attached hydrogens (primary N) is 1. The van der Waals surface area contributed by atoms with E-state index in [9.17, 15) is 4.79 Å². The zero-order valence-electron chi connectivity index (χ0n) is 12.5. The lowest BCUT2D eigenvalue weighted by Crippen LogP contribution is -2.43. The number of nitrogens with zero attached hydrogens (tertiary/aromatic N) is 4. The Morgan fingerprint density at radius 2 is 2.29 bits per heavy atom. The van der Waals surface area contributed by atoms with Crippen molar-refractivity contribution in [2.45, 2.75) is 26.2 Å². The van der Waals surface area contributed by atoms with Crippen molar-refractivity contribution in [3.05, 3.63) is 0 Å². The Hall–Kier alpha value is -2.12. The van der Waals surface area contributed by atoms with Gasteiger partial charge in [-0.05, 0) is 19.3 Å². The number of aromatic nitrogens is 3. The number of anilines is 2. The van der Waals surface area contributed by atoms with Crippen molar-refractivity contribution in [2.24, 2.45) is 5.92 Å². The molecule has 2 heterocycles. The maximum absolute atomic E-state index is 11.8. The maximum Gasteiger partial charge on any atom is 0.323 e. The van der Waals surface area contributed by atoms with E-state index in [1.165, 1.54) is 0 Å². The number of carbonyl (C=O) groups is 1. The average molecular weight is 294 g/mol. The summed E-state index contributed by atoms with van der Waals surface area (Å²) in [5.41, 5.74) is 5.71. The first-order chi connectivity index (χ1) is 10.1. The Labute approximate surface area is 124 Å². The van der Waals surface area contributed by atoms with Gasteiger partial charge in [0.2, 0.25) is 17.8 Å². The van der Waals surface area contributed by atoms with E-state index < -0.39 is 0 Å². The minimum atomic E-state index is -0.0539. The van der Waals surface area contributed by atoms with Crippen molar-refractivity contribution in [3.63, 3.8) is 0 Å². The van der Waals surface area contributed by atoms with Crippen molar-refractivity contribution >= 4 is 17.8 Å². The van der Waals surface area contributed by atoms with Gasteiger partial charge in [0.05, 0.1) is 12.5 Å². The van der Waals surface area contributed by atoms with E-state index in [1.807, 2.05) is 11.8 Å². The monoisotopic (exact) mass is 294 g/mol. The van der Waals surface area contributed by atoms with Crippen LogP contribution in [0.3, 0.4) is 0 Å². The molecule has 1 aromatic rings. The number of ether oxygens (including phenoxy) is 1. The quantitative estimate of drug-likeness (QED) is 0.799. The molecule has 0 bridgehead atoms. The number of hydrogen-bond acceptors (Lipinski definition) is 7. The zero-order valence-corrected chi connectivity index (χ0v) is 12.5. The normalized spacial score (nSPS) is 18.4. The number of nitrogen functional groups attached to an aromatic ring is 1. The van der Waals surface area contributed by atoms with E-state index in [1.54, 1.807) is 7.05 Å². The topological polar surface area (TPSA) is 106 Å². The van der Waals surface area contributed by atoms with Crippen LogP contribution in [0.25, 0.3) is 0 Å². The number of amides is 1. The second-order valence-corrected chi connectivity index (χ2v) is 5.02. The fourth-order valence-electron chi connectivity index (χ4n) is 2.34. The van der Waals surface area contributed by atoms with E-state index in [-0.39, 0.29) is 23.8 Å². The first-order valence-corrected chi connectivity index (χ1v) is 7.25. The molecular weight excluding hydrogens is 272 g/mol. The standard InChI is InChI=1S/C13H22N6O2/c1-3-7-21-13-17-11(14)16-12(18-13)19-6-4-5-9(8-19)10(20)15-2/h9H,3-8H2,1-2H3,(H,15,20)(H2,14,16,17,18). The fourth-order valence-corrected chi connectivity index (χ4v) is 2.34. The van der Waals surface area contributed by atoms with Crippen LogP contribution in [0, 0.1) is 5.92 Å². The van der Waals surface area contributed by atoms with Gasteiger partial charge >= 0.3 is 6.01 Å². The van der Waals surface area contributed by atoms with E-state index in [4.69, 9.17) is 10.5 Å². The highest BCUT2D eigenvalue weighted by molar-refractivity contribution is 5.79. The highest BCUT2D eigenvalue weighted by Crippen LogP contribution is 2.22. The van der Waals surface area contributed by atoms with Crippen molar-refractivity contribution in [1.29, 1.82) is 0 Å². The van der Waals surface area contributed by atoms with Crippen LogP contribution in [0.1, 0.15) is 26.2 Å². The first-order valence-electron chi connectivity index (χ1n) is 7.25. The summed E-state index contributed by atoms with van der Waals surface area (Å²) in [6, 6.07) is 0.237. The molecule has 0 aliphatic carbocycles. The molecule has 1 amide bonds. The summed E-state index contributed by atoms with van der Waals surface area (Å²) in [6.07, 6.45) is 2.65. The molecule has 1 aliphatic rings. The predicted octanol–water partition coefficient (Wildman–Crippen LogP) is 0.205. The summed E-state index contributed by atoms with van der Waals surface area (Å²) in [6.45, 7) is 3.91. The van der Waals surface area contributed by atoms with Crippen molar-refractivity contribution in [2.75, 3.05) is 37.4 Å². The maximum atomic E-state index is 11.8. The second kappa shape index (κ2) is 7.05. The molecule has 8 nitrogen and oxygen atoms in total. The number of hydrogen-bond donors (Lipinski definition) is 2. The van der Waals surface area contributed by atoms with Gasteiger partial charge in [-0.3, -0.25) is 4.79 Å². The molecule has 1 fully saturated rings. The lowest BCUT2D eigenvalue weighted by atomic mass is 9.97. The summed E-state index contributed by atoms with van der Waals surface area (Å²) in [4.78, 5) is 26.1. The van der Waals surface area contributed by atoms with E-state index >= 15 is 0 Å². The van der Waals surface area contributed by atoms with E-state index in [0.717, 1.165) is 25.8 Å². The predicted molar refractivity (Wildman–Crippen MR) is 79.0 cm³/mol. The van der Waals surface area contributed by atoms with Crippen LogP contribution in [0.5, 0.6) is 6.01 Å². The fraction of sp³-hybridized carbons (Fsp3) is 0.692. The van der Waals surface area contributed by atoms with Gasteiger partial charge in [-0.1, -0.05) is 6.92 Å². The molecular formula is C13H22N6O2. The minimum Gasteiger partial charge on any atom is -0.463 e. The molecule has 116 valence electrons. The van der Waals surface area contributed by atoms with Crippen molar-refractivity contribution in [3.8, 4) is 6.01 Å². The lowest BCUT2D eigenvalue weighted by Gasteiger charge is -2.31. The third kappa shape index (κ3) is 3.93. The SMILES string of the molecule is CCCOc1nc(N)nc(N2CCCC(C(=O)NC)C2)n1. The summed E-state index contributed by atoms with van der Waals surface area (Å²) in [5, 5.41) is 2.69. The van der Waals surface area contributed by atoms with Crippen molar-refractivity contribution in [1.82, 2.24) is 20.3 Å². The van der Waals surface area contributed by atoms with Crippen LogP contribution in [0.15, 0.2) is 0 Å². The highest BCUT2D eigenvalue weighted by Gasteiger charge is 2.27. The molecule has 1 saturated heterocycles. The molecule has 0 saturated carbocycles. The Bertz CT molecular complexity index is 496. The Balaban J connectivity index is 2.12. The first kappa shape index (κ1) is 15.3. The molecule has 3 N–H and O–H groups in total. The second-order valence-electron chi connectivity index (χ2n) is 5.02. The molecule has 1 unspecified atom stereocenters. The third-order valence-electron chi connectivity index (χ3n) is 3.38. The van der Waals surface area contributed by atoms with Gasteiger partial charge in [-0.2, -0.15) is 15.0 Å². The molecule has 1 atom stereocenters. The molecule has 8 heteroatoms. The summed E-state index contributed by atoms with van der Waals surface area (Å²) in [7, 11) is 1.65. The average Bonchev–Trinajstić information content (AvgIpc) is 2.51. The summed E-state index contributed by atoms with van der Waals surface area (Å²) < 4.78 is 5.41. The number of carbonyl (C=O) groups excluding carboxylic acids is 1. The van der Waals surface area contributed by atoms with Crippen LogP contribution in [-0.4, -0.2) is 47.6 Å². The number of nitrogens with one attached hydrogen (secondary N) is 1. The van der Waals surface area contributed by atoms with E-state index in [2.05, 4.69) is 20.3 Å². The summed E-state index contributed by atoms with van der Waals surface area (Å²) >= 11 is 0. The minimum absolute atomic E-state index is 0.0455. The Morgan fingerprint density at radius 3 is 3.00 bits per heavy atom. The van der Waals surface area contributed by atoms with Gasteiger partial charge in [0.1, 0.15) is 0 Å². The number of rotatable bonds is 5. The zero-order chi connectivity index (χ0) is 15.2. The van der Waals surface area contributed by atoms with Gasteiger partial charge in [-0.15, -0.1) is 0 Å². The smallest absolute Gasteiger partial charge is 0.323 e. The Kier molecular flexibility index (Phi) is 5.13. The molecule has 0 spiro atoms. The summed E-state index contributed by atoms with van der Waals surface area (Å²) in [5.74, 6) is 0.598. The van der Waals surface area contributed by atoms with Crippen LogP contribution in [0.4, 0.5) is 11.9 Å². The third-order valence-corrected chi connectivity index (χ3v) is 3.38. The van der Waals surface area contributed by atoms with Crippen LogP contribution < -0.4 is 20.7 Å². The van der Waals surface area contributed by atoms with Crippen LogP contribution >= 0.6 is 0 Å². The van der Waals surface area contributed by atoms with Gasteiger partial charge in [0.15, 0.2) is 0 Å². The molecule has 0 radical (unpaired) electrons. The lowest BCUT2D eigenvalue weighted by molar-refractivity contribution is -0.124. The molecule has 0 aromatic carbocycles. The highest BCUT2D eigenvalue weighted by atomic mass is 16.5. The molecule has 1 aliphatic heterocycles. The Morgan fingerprint density at radius 1 is 1.48 bits per heavy atom. The molecule has 2 rings (SSSR count). The van der Waals surface area contributed by atoms with Crippen molar-refractivity contribution < 1.29 is 9.53 Å². The van der Waals surface area contributed by atoms with Gasteiger partial charge in [0, 0.05) is 20.1 Å². The van der Waals surface area contributed by atoms with E-state index in [0.29, 0.717) is 19.1 Å². The van der Waals surface area contributed by atoms with Crippen LogP contribution in [0.2, 0.25) is 0 Å². The molecule has 21 heavy (non-hydrogen) atoms. The number of piperidine rings is 1. The van der Waals surface area contributed by atoms with Gasteiger partial charge < -0.3 is 20.7 Å². The largest absolute Gasteiger partial charge is 0.463 e.